The van der Waals surface area contributed by atoms with Gasteiger partial charge in [-0.05, 0) is 36.4 Å². The Morgan fingerprint density at radius 1 is 1.03 bits per heavy atom. The summed E-state index contributed by atoms with van der Waals surface area (Å²) in [6.07, 6.45) is 1.57. The Kier molecular flexibility index (Phi) is 5.01. The first-order valence-electron chi connectivity index (χ1n) is 9.92. The number of ether oxygens (including phenoxy) is 1. The number of H-pyrrole nitrogens is 1. The number of aromatic nitrogens is 4. The van der Waals surface area contributed by atoms with Crippen molar-refractivity contribution in [2.24, 2.45) is 0 Å². The molecule has 1 amide bonds. The van der Waals surface area contributed by atoms with Crippen molar-refractivity contribution in [3.63, 3.8) is 0 Å². The molecule has 3 heterocycles. The summed E-state index contributed by atoms with van der Waals surface area (Å²) < 4.78 is 12.5. The van der Waals surface area contributed by atoms with Crippen LogP contribution in [0.3, 0.4) is 0 Å². The van der Waals surface area contributed by atoms with Crippen LogP contribution in [0.5, 0.6) is 5.75 Å². The normalized spacial score (nSPS) is 10.8. The number of amides is 1. The van der Waals surface area contributed by atoms with Crippen molar-refractivity contribution in [1.82, 2.24) is 20.0 Å². The first kappa shape index (κ1) is 19.4. The lowest BCUT2D eigenvalue weighted by molar-refractivity contribution is 0.101. The molecule has 0 saturated carbocycles. The van der Waals surface area contributed by atoms with E-state index in [1.54, 1.807) is 42.3 Å². The molecular formula is C24H19N5O3. The number of furan rings is 1. The summed E-state index contributed by atoms with van der Waals surface area (Å²) >= 11 is 0. The van der Waals surface area contributed by atoms with Gasteiger partial charge in [0.05, 0.1) is 24.8 Å². The third kappa shape index (κ3) is 3.65. The summed E-state index contributed by atoms with van der Waals surface area (Å²) in [6.45, 7) is 0. The maximum Gasteiger partial charge on any atom is 0.275 e. The van der Waals surface area contributed by atoms with Crippen LogP contribution in [0.4, 0.5) is 5.82 Å². The molecular weight excluding hydrogens is 406 g/mol. The quantitative estimate of drug-likeness (QED) is 0.408. The molecule has 158 valence electrons. The minimum atomic E-state index is -0.350. The monoisotopic (exact) mass is 425 g/mol. The van der Waals surface area contributed by atoms with Crippen LogP contribution in [-0.4, -0.2) is 33.0 Å². The summed E-state index contributed by atoms with van der Waals surface area (Å²) in [5, 5.41) is 14.6. The molecule has 5 rings (SSSR count). The Morgan fingerprint density at radius 2 is 1.84 bits per heavy atom. The number of nitrogens with zero attached hydrogens (tertiary/aromatic N) is 3. The zero-order valence-corrected chi connectivity index (χ0v) is 17.1. The number of nitrogens with one attached hydrogen (secondary N) is 2. The number of methoxy groups -OCH3 is 1. The van der Waals surface area contributed by atoms with Crippen LogP contribution < -0.4 is 10.1 Å². The number of hydrogen-bond acceptors (Lipinski definition) is 5. The highest BCUT2D eigenvalue weighted by Crippen LogP contribution is 2.29. The average Bonchev–Trinajstić information content (AvgIpc) is 3.60. The first-order valence-corrected chi connectivity index (χ1v) is 9.92. The van der Waals surface area contributed by atoms with E-state index in [0.29, 0.717) is 28.7 Å². The van der Waals surface area contributed by atoms with Crippen molar-refractivity contribution in [2.75, 3.05) is 12.4 Å². The highest BCUT2D eigenvalue weighted by atomic mass is 16.5. The van der Waals surface area contributed by atoms with Crippen LogP contribution in [0.15, 0.2) is 89.5 Å². The summed E-state index contributed by atoms with van der Waals surface area (Å²) in [5.74, 6) is 1.32. The van der Waals surface area contributed by atoms with Gasteiger partial charge in [0.15, 0.2) is 11.6 Å². The van der Waals surface area contributed by atoms with Crippen LogP contribution in [0, 0.1) is 0 Å². The van der Waals surface area contributed by atoms with Gasteiger partial charge in [-0.3, -0.25) is 9.89 Å². The SMILES string of the molecule is COc1ccccc1-c1cc(NC(=O)c2cc(-c3ccco3)nn2-c2ccccc2)n[nH]1. The molecule has 0 radical (unpaired) electrons. The molecule has 0 fully saturated rings. The first-order chi connectivity index (χ1) is 15.7. The minimum absolute atomic E-state index is 0.350. The molecule has 0 unspecified atom stereocenters. The second-order valence-corrected chi connectivity index (χ2v) is 6.96. The van der Waals surface area contributed by atoms with Gasteiger partial charge in [-0.25, -0.2) is 4.68 Å². The number of carbonyl (C=O) groups excluding carboxylic acids is 1. The zero-order valence-electron chi connectivity index (χ0n) is 17.1. The molecule has 0 aliphatic carbocycles. The molecule has 0 aliphatic heterocycles. The van der Waals surface area contributed by atoms with E-state index in [4.69, 9.17) is 9.15 Å². The zero-order chi connectivity index (χ0) is 21.9. The number of aromatic amines is 1. The second kappa shape index (κ2) is 8.27. The number of hydrogen-bond donors (Lipinski definition) is 2. The lowest BCUT2D eigenvalue weighted by Crippen LogP contribution is -2.17. The molecule has 8 heteroatoms. The van der Waals surface area contributed by atoms with E-state index in [1.165, 1.54) is 0 Å². The lowest BCUT2D eigenvalue weighted by Gasteiger charge is -2.07. The van der Waals surface area contributed by atoms with Gasteiger partial charge in [0, 0.05) is 17.7 Å². The van der Waals surface area contributed by atoms with E-state index in [-0.39, 0.29) is 5.91 Å². The largest absolute Gasteiger partial charge is 0.496 e. The van der Waals surface area contributed by atoms with Crippen molar-refractivity contribution < 1.29 is 13.9 Å². The fourth-order valence-corrected chi connectivity index (χ4v) is 3.42. The number of rotatable bonds is 6. The predicted octanol–water partition coefficient (Wildman–Crippen LogP) is 4.78. The minimum Gasteiger partial charge on any atom is -0.496 e. The van der Waals surface area contributed by atoms with Crippen molar-refractivity contribution >= 4 is 11.7 Å². The number of benzene rings is 2. The number of anilines is 1. The van der Waals surface area contributed by atoms with E-state index in [0.717, 1.165) is 16.9 Å². The van der Waals surface area contributed by atoms with Crippen LogP contribution in [0.1, 0.15) is 10.5 Å². The topological polar surface area (TPSA) is 98.0 Å². The van der Waals surface area contributed by atoms with E-state index >= 15 is 0 Å². The summed E-state index contributed by atoms with van der Waals surface area (Å²) in [5.41, 5.74) is 3.24. The molecule has 2 N–H and O–H groups in total. The molecule has 8 nitrogen and oxygen atoms in total. The molecule has 0 spiro atoms. The molecule has 0 aliphatic rings. The van der Waals surface area contributed by atoms with E-state index in [1.807, 2.05) is 54.6 Å². The van der Waals surface area contributed by atoms with Gasteiger partial charge in [0.2, 0.25) is 0 Å². The highest BCUT2D eigenvalue weighted by molar-refractivity contribution is 6.03. The van der Waals surface area contributed by atoms with Crippen LogP contribution in [-0.2, 0) is 0 Å². The highest BCUT2D eigenvalue weighted by Gasteiger charge is 2.20. The molecule has 3 aromatic heterocycles. The van der Waals surface area contributed by atoms with Crippen LogP contribution in [0.25, 0.3) is 28.4 Å². The van der Waals surface area contributed by atoms with E-state index in [2.05, 4.69) is 20.6 Å². The molecule has 0 saturated heterocycles. The Bertz CT molecular complexity index is 1350. The van der Waals surface area contributed by atoms with Crippen molar-refractivity contribution in [1.29, 1.82) is 0 Å². The van der Waals surface area contributed by atoms with Gasteiger partial charge < -0.3 is 14.5 Å². The maximum atomic E-state index is 13.2. The molecule has 2 aromatic carbocycles. The molecule has 5 aromatic rings. The summed E-state index contributed by atoms with van der Waals surface area (Å²) in [7, 11) is 1.61. The molecule has 0 atom stereocenters. The second-order valence-electron chi connectivity index (χ2n) is 6.96. The van der Waals surface area contributed by atoms with Gasteiger partial charge in [0.1, 0.15) is 17.1 Å². The Balaban J connectivity index is 1.47. The molecule has 32 heavy (non-hydrogen) atoms. The van der Waals surface area contributed by atoms with Gasteiger partial charge in [-0.1, -0.05) is 30.3 Å². The predicted molar refractivity (Wildman–Crippen MR) is 120 cm³/mol. The van der Waals surface area contributed by atoms with Crippen molar-refractivity contribution in [2.45, 2.75) is 0 Å². The smallest absolute Gasteiger partial charge is 0.275 e. The average molecular weight is 425 g/mol. The molecule has 0 bridgehead atoms. The third-order valence-electron chi connectivity index (χ3n) is 4.93. The summed E-state index contributed by atoms with van der Waals surface area (Å²) in [6, 6.07) is 24.0. The van der Waals surface area contributed by atoms with Crippen molar-refractivity contribution in [3.05, 3.63) is 90.8 Å². The van der Waals surface area contributed by atoms with E-state index < -0.39 is 0 Å². The summed E-state index contributed by atoms with van der Waals surface area (Å²) in [4.78, 5) is 13.2. The van der Waals surface area contributed by atoms with Crippen LogP contribution in [0.2, 0.25) is 0 Å². The van der Waals surface area contributed by atoms with E-state index in [9.17, 15) is 4.79 Å². The van der Waals surface area contributed by atoms with Gasteiger partial charge in [0.25, 0.3) is 5.91 Å². The van der Waals surface area contributed by atoms with Crippen LogP contribution >= 0.6 is 0 Å². The number of carbonyl (C=O) groups is 1. The Hall–Kier alpha value is -4.59. The Labute approximate surface area is 183 Å². The lowest BCUT2D eigenvalue weighted by atomic mass is 10.1. The Morgan fingerprint density at radius 3 is 2.62 bits per heavy atom. The standard InChI is InChI=1S/C24H19N5O3/c1-31-21-11-6-5-10-17(21)18-15-23(27-26-18)25-24(30)20-14-19(22-12-7-13-32-22)28-29(20)16-8-3-2-4-9-16/h2-15H,1H3,(H2,25,26,27,30). The van der Waals surface area contributed by atoms with Gasteiger partial charge >= 0.3 is 0 Å². The van der Waals surface area contributed by atoms with Crippen molar-refractivity contribution in [3.8, 4) is 34.1 Å². The maximum absolute atomic E-state index is 13.2. The fraction of sp³-hybridized carbons (Fsp3) is 0.0417. The number of para-hydroxylation sites is 2. The van der Waals surface area contributed by atoms with Gasteiger partial charge in [-0.2, -0.15) is 10.2 Å². The van der Waals surface area contributed by atoms with Gasteiger partial charge in [-0.15, -0.1) is 0 Å². The fourth-order valence-electron chi connectivity index (χ4n) is 3.42. The third-order valence-corrected chi connectivity index (χ3v) is 4.93.